The molecule has 5 rings (SSSR count). The molecule has 0 unspecified atom stereocenters. The Balaban J connectivity index is 2.03. The van der Waals surface area contributed by atoms with Gasteiger partial charge < -0.3 is 71.4 Å². The van der Waals surface area contributed by atoms with Gasteiger partial charge in [0.15, 0.2) is 6.04 Å². The summed E-state index contributed by atoms with van der Waals surface area (Å²) in [6.07, 6.45) is -3.96. The zero-order chi connectivity index (χ0) is 55.2. The predicted molar refractivity (Wildman–Crippen MR) is 264 cm³/mol. The van der Waals surface area contributed by atoms with Gasteiger partial charge in [-0.3, -0.25) is 38.4 Å². The van der Waals surface area contributed by atoms with E-state index in [2.05, 4.69) is 31.9 Å². The molecule has 13 atom stereocenters. The molecule has 4 bridgehead atoms. The first-order valence-corrected chi connectivity index (χ1v) is 24.4. The van der Waals surface area contributed by atoms with Crippen LogP contribution in [0, 0.1) is 17.8 Å². The Bertz CT molecular complexity index is 2350. The van der Waals surface area contributed by atoms with Crippen LogP contribution in [0.15, 0.2) is 66.7 Å². The highest BCUT2D eigenvalue weighted by Crippen LogP contribution is 2.26. The maximum absolute atomic E-state index is 15.1. The molecule has 3 aliphatic rings. The van der Waals surface area contributed by atoms with Crippen LogP contribution in [0.25, 0.3) is 0 Å². The highest BCUT2D eigenvalue weighted by Gasteiger charge is 2.42. The van der Waals surface area contributed by atoms with Gasteiger partial charge in [-0.15, -0.1) is 0 Å². The van der Waals surface area contributed by atoms with Crippen LogP contribution in [0.4, 0.5) is 0 Å². The number of ether oxygens (including phenoxy) is 3. The smallest absolute Gasteiger partial charge is 0.332 e. The lowest BCUT2D eigenvalue weighted by Crippen LogP contribution is -2.61. The molecule has 0 aliphatic carbocycles. The van der Waals surface area contributed by atoms with Gasteiger partial charge in [-0.05, 0) is 61.9 Å². The van der Waals surface area contributed by atoms with Gasteiger partial charge in [-0.1, -0.05) is 83.5 Å². The molecule has 0 spiro atoms. The third-order valence-corrected chi connectivity index (χ3v) is 13.2. The van der Waals surface area contributed by atoms with Crippen molar-refractivity contribution in [2.45, 2.75) is 134 Å². The van der Waals surface area contributed by atoms with Crippen LogP contribution >= 0.6 is 0 Å². The number of rotatable bonds is 10. The number of carbonyl (C=O) groups is 9. The minimum atomic E-state index is -2.19. The standard InChI is InChI=1S/C51H71N7O16/c1-10-27(4)39-46(66)57-42-33-16-18-34(19-17-33)74-31(8)51(71,25-59)21-20-37(61)52-23-38(62)72-24-35(50(70)73-30(7)41(48(68)54-39)56-44(64)28(5)43(63)26(2)3)53-47(67)40(29(6)60)55-45(65)36(58(9)49(42)69)22-32-14-12-11-13-15-32/h11-21,26-31,35-36,39-43,59-60,63,71H,10,22-25H2,1-9H3,(H,52,61)(H,53,67)(H,54,68)(H,55,65)(H,56,64)(H,57,66)/b21-20-/t27-,28+,29+,30+,31+,35-,36-,39+,40+,41-,42-,43+,51-/m1/s1. The lowest BCUT2D eigenvalue weighted by Gasteiger charge is -2.34. The second kappa shape index (κ2) is 26.8. The van der Waals surface area contributed by atoms with Crippen molar-refractivity contribution in [3.05, 3.63) is 77.9 Å². The fourth-order valence-electron chi connectivity index (χ4n) is 7.92. The van der Waals surface area contributed by atoms with Crippen molar-refractivity contribution in [1.82, 2.24) is 36.8 Å². The largest absolute Gasteiger partial charge is 0.487 e. The Kier molecular flexibility index (Phi) is 21.6. The normalized spacial score (nSPS) is 28.5. The van der Waals surface area contributed by atoms with Crippen LogP contribution in [0.5, 0.6) is 5.75 Å². The number of hydrogen-bond acceptors (Lipinski definition) is 16. The number of cyclic esters (lactones) is 1. The van der Waals surface area contributed by atoms with E-state index in [1.807, 2.05) is 0 Å². The Hall–Kier alpha value is -6.95. The number of fused-ring (bicyclic) bond motifs is 11. The van der Waals surface area contributed by atoms with Gasteiger partial charge in [-0.2, -0.15) is 0 Å². The lowest BCUT2D eigenvalue weighted by molar-refractivity contribution is -0.160. The molecule has 2 aromatic carbocycles. The van der Waals surface area contributed by atoms with Crippen molar-refractivity contribution in [2.75, 3.05) is 26.8 Å². The molecule has 3 aliphatic heterocycles. The second-order valence-electron chi connectivity index (χ2n) is 19.1. The monoisotopic (exact) mass is 1040 g/mol. The number of carbonyl (C=O) groups excluding carboxylic acids is 9. The van der Waals surface area contributed by atoms with E-state index < -0.39 is 157 Å². The maximum atomic E-state index is 15.1. The predicted octanol–water partition coefficient (Wildman–Crippen LogP) is -1.40. The quantitative estimate of drug-likeness (QED) is 0.122. The molecule has 10 N–H and O–H groups in total. The third kappa shape index (κ3) is 15.8. The van der Waals surface area contributed by atoms with Crippen molar-refractivity contribution in [2.24, 2.45) is 17.8 Å². The molecule has 2 aromatic rings. The molecule has 1 saturated heterocycles. The molecule has 0 saturated carbocycles. The number of aliphatic hydroxyl groups excluding tert-OH is 3. The maximum Gasteiger partial charge on any atom is 0.332 e. The summed E-state index contributed by atoms with van der Waals surface area (Å²) in [7, 11) is 1.28. The van der Waals surface area contributed by atoms with E-state index in [0.29, 0.717) is 5.56 Å². The van der Waals surface area contributed by atoms with Crippen molar-refractivity contribution in [3.8, 4) is 5.75 Å². The summed E-state index contributed by atoms with van der Waals surface area (Å²) in [5.74, 6) is -11.6. The first kappa shape index (κ1) is 59.6. The SMILES string of the molecule is CC[C@@H](C)[C@@H]1NC(=O)[C@H](NC(=O)[C@@H](C)[C@@H](O)C(C)C)[C@H](C)OC(=O)[C@H]2COC(=O)CNC(=O)/C=C\[C@@](O)(CO)[C@H](C)Oc3ccc(cc3)[C@@H](NC1=O)C(=O)N(C)[C@H](Cc1ccccc1)C(=O)N[C@@H]([C@H](C)O)C(=O)N2. The molecule has 23 heteroatoms. The molecule has 406 valence electrons. The highest BCUT2D eigenvalue weighted by atomic mass is 16.6. The van der Waals surface area contributed by atoms with Crippen LogP contribution in [0.3, 0.4) is 0 Å². The van der Waals surface area contributed by atoms with Crippen LogP contribution < -0.4 is 36.6 Å². The van der Waals surface area contributed by atoms with E-state index in [9.17, 15) is 58.8 Å². The number of esters is 2. The fourth-order valence-corrected chi connectivity index (χ4v) is 7.92. The molecular weight excluding hydrogens is 967 g/mol. The van der Waals surface area contributed by atoms with E-state index in [0.717, 1.165) is 24.0 Å². The number of amides is 7. The van der Waals surface area contributed by atoms with Crippen molar-refractivity contribution in [1.29, 1.82) is 0 Å². The molecule has 0 aromatic heterocycles. The molecule has 74 heavy (non-hydrogen) atoms. The van der Waals surface area contributed by atoms with E-state index >= 15 is 4.79 Å². The van der Waals surface area contributed by atoms with Crippen molar-refractivity contribution in [3.63, 3.8) is 0 Å². The van der Waals surface area contributed by atoms with Crippen molar-refractivity contribution >= 4 is 53.3 Å². The topological polar surface area (TPSA) is 338 Å². The average Bonchev–Trinajstić information content (AvgIpc) is 3.37. The Morgan fingerprint density at radius 1 is 0.824 bits per heavy atom. The van der Waals surface area contributed by atoms with Crippen LogP contribution in [0.2, 0.25) is 0 Å². The number of likely N-dealkylation sites (N-methyl/N-ethyl adjacent to an activating group) is 1. The van der Waals surface area contributed by atoms with Crippen LogP contribution in [0.1, 0.15) is 79.0 Å². The summed E-state index contributed by atoms with van der Waals surface area (Å²) in [5.41, 5.74) is -1.53. The van der Waals surface area contributed by atoms with Gasteiger partial charge in [0.25, 0.3) is 0 Å². The van der Waals surface area contributed by atoms with Crippen LogP contribution in [-0.2, 0) is 59.0 Å². The lowest BCUT2D eigenvalue weighted by atomic mass is 9.93. The zero-order valence-corrected chi connectivity index (χ0v) is 43.0. The minimum absolute atomic E-state index is 0.0801. The van der Waals surface area contributed by atoms with E-state index in [4.69, 9.17) is 14.2 Å². The number of aliphatic hydroxyl groups is 4. The number of benzene rings is 2. The Morgan fingerprint density at radius 3 is 2.04 bits per heavy atom. The molecule has 7 amide bonds. The second-order valence-corrected chi connectivity index (χ2v) is 19.1. The first-order chi connectivity index (χ1) is 34.8. The van der Waals surface area contributed by atoms with E-state index in [1.165, 1.54) is 52.1 Å². The summed E-state index contributed by atoms with van der Waals surface area (Å²) in [5, 5.41) is 58.3. The van der Waals surface area contributed by atoms with Gasteiger partial charge in [0.2, 0.25) is 41.4 Å². The number of nitrogens with zero attached hydrogens (tertiary/aromatic N) is 1. The van der Waals surface area contributed by atoms with Gasteiger partial charge in [0.1, 0.15) is 66.9 Å². The molecule has 1 fully saturated rings. The number of hydrogen-bond donors (Lipinski definition) is 10. The summed E-state index contributed by atoms with van der Waals surface area (Å²) < 4.78 is 16.9. The van der Waals surface area contributed by atoms with E-state index in [1.54, 1.807) is 58.0 Å². The number of nitrogens with one attached hydrogen (secondary N) is 6. The van der Waals surface area contributed by atoms with Gasteiger partial charge in [0.05, 0.1) is 24.7 Å². The molecule has 3 heterocycles. The summed E-state index contributed by atoms with van der Waals surface area (Å²) in [4.78, 5) is 128. The first-order valence-electron chi connectivity index (χ1n) is 24.4. The summed E-state index contributed by atoms with van der Waals surface area (Å²) in [6, 6.07) is 3.76. The molecular formula is C51H71N7O16. The minimum Gasteiger partial charge on any atom is -0.487 e. The zero-order valence-electron chi connectivity index (χ0n) is 43.0. The Labute approximate surface area is 429 Å². The van der Waals surface area contributed by atoms with Crippen molar-refractivity contribution < 1.29 is 77.8 Å². The average molecular weight is 1040 g/mol. The van der Waals surface area contributed by atoms with Crippen LogP contribution in [-0.4, -0.2) is 166 Å². The highest BCUT2D eigenvalue weighted by molar-refractivity contribution is 5.98. The molecule has 0 radical (unpaired) electrons. The van der Waals surface area contributed by atoms with Gasteiger partial charge >= 0.3 is 11.9 Å². The van der Waals surface area contributed by atoms with E-state index in [-0.39, 0.29) is 24.2 Å². The molecule has 23 nitrogen and oxygen atoms in total. The Morgan fingerprint density at radius 2 is 1.45 bits per heavy atom. The van der Waals surface area contributed by atoms with Gasteiger partial charge in [0, 0.05) is 19.5 Å². The third-order valence-electron chi connectivity index (χ3n) is 13.2. The fraction of sp³-hybridized carbons (Fsp3) is 0.549. The summed E-state index contributed by atoms with van der Waals surface area (Å²) >= 11 is 0. The van der Waals surface area contributed by atoms with Gasteiger partial charge in [-0.25, -0.2) is 4.79 Å². The summed E-state index contributed by atoms with van der Waals surface area (Å²) in [6.45, 7) is 9.05.